The van der Waals surface area contributed by atoms with Gasteiger partial charge in [0.05, 0.1) is 6.10 Å². The summed E-state index contributed by atoms with van der Waals surface area (Å²) in [7, 11) is 2.01. The number of aliphatic hydroxyl groups is 1. The van der Waals surface area contributed by atoms with Gasteiger partial charge in [0.25, 0.3) is 0 Å². The number of anilines is 1. The highest BCUT2D eigenvalue weighted by Gasteiger charge is 2.11. The molecule has 3 N–H and O–H groups in total. The van der Waals surface area contributed by atoms with Crippen LogP contribution < -0.4 is 5.73 Å². The number of hydrogen-bond acceptors (Lipinski definition) is 4. The zero-order chi connectivity index (χ0) is 13.0. The van der Waals surface area contributed by atoms with Crippen molar-refractivity contribution in [3.8, 4) is 0 Å². The number of nitrogens with zero attached hydrogens (tertiary/aromatic N) is 1. The Morgan fingerprint density at radius 3 is 2.61 bits per heavy atom. The molecule has 2 aromatic rings. The number of rotatable bonds is 5. The van der Waals surface area contributed by atoms with Gasteiger partial charge >= 0.3 is 0 Å². The van der Waals surface area contributed by atoms with Crippen molar-refractivity contribution >= 4 is 17.0 Å². The summed E-state index contributed by atoms with van der Waals surface area (Å²) in [5.74, 6) is 0. The lowest BCUT2D eigenvalue weighted by Crippen LogP contribution is -2.23. The summed E-state index contributed by atoms with van der Waals surface area (Å²) in [6, 6.07) is 11.5. The second-order valence-corrected chi connectivity index (χ2v) is 5.49. The molecule has 0 spiro atoms. The van der Waals surface area contributed by atoms with Crippen LogP contribution in [0, 0.1) is 0 Å². The van der Waals surface area contributed by atoms with E-state index in [1.54, 1.807) is 11.3 Å². The molecule has 4 heteroatoms. The van der Waals surface area contributed by atoms with Crippen molar-refractivity contribution in [2.75, 3.05) is 19.3 Å². The molecular weight excluding hydrogens is 244 g/mol. The van der Waals surface area contributed by atoms with Crippen LogP contribution in [0.5, 0.6) is 0 Å². The van der Waals surface area contributed by atoms with Crippen molar-refractivity contribution < 1.29 is 5.11 Å². The zero-order valence-corrected chi connectivity index (χ0v) is 11.2. The molecule has 0 aliphatic rings. The van der Waals surface area contributed by atoms with Crippen LogP contribution in [0.1, 0.15) is 16.5 Å². The van der Waals surface area contributed by atoms with Gasteiger partial charge in [0.1, 0.15) is 0 Å². The Morgan fingerprint density at radius 2 is 2.00 bits per heavy atom. The second-order valence-electron chi connectivity index (χ2n) is 4.46. The third kappa shape index (κ3) is 3.57. The smallest absolute Gasteiger partial charge is 0.0916 e. The van der Waals surface area contributed by atoms with Crippen molar-refractivity contribution in [3.63, 3.8) is 0 Å². The average Bonchev–Trinajstić information content (AvgIpc) is 2.82. The summed E-state index contributed by atoms with van der Waals surface area (Å²) < 4.78 is 0. The Kier molecular flexibility index (Phi) is 4.36. The molecule has 1 aromatic carbocycles. The number of nitrogens with two attached hydrogens (primary N) is 1. The summed E-state index contributed by atoms with van der Waals surface area (Å²) in [4.78, 5) is 3.43. The molecule has 0 amide bonds. The average molecular weight is 262 g/mol. The van der Waals surface area contributed by atoms with Crippen LogP contribution in [0.2, 0.25) is 0 Å². The maximum absolute atomic E-state index is 10.1. The summed E-state index contributed by atoms with van der Waals surface area (Å²) in [6.45, 7) is 1.48. The van der Waals surface area contributed by atoms with Crippen LogP contribution in [-0.2, 0) is 6.54 Å². The fourth-order valence-electron chi connectivity index (χ4n) is 1.85. The normalized spacial score (nSPS) is 12.8. The van der Waals surface area contributed by atoms with Gasteiger partial charge in [-0.15, -0.1) is 11.3 Å². The quantitative estimate of drug-likeness (QED) is 0.814. The molecule has 0 saturated heterocycles. The van der Waals surface area contributed by atoms with Crippen molar-refractivity contribution in [3.05, 3.63) is 52.2 Å². The molecule has 0 radical (unpaired) electrons. The molecule has 1 unspecified atom stereocenters. The zero-order valence-electron chi connectivity index (χ0n) is 10.4. The van der Waals surface area contributed by atoms with Gasteiger partial charge in [0, 0.05) is 23.7 Å². The number of nitrogen functional groups attached to an aromatic ring is 1. The van der Waals surface area contributed by atoms with E-state index in [0.717, 1.165) is 17.8 Å². The monoisotopic (exact) mass is 262 g/mol. The van der Waals surface area contributed by atoms with Gasteiger partial charge in [0.15, 0.2) is 0 Å². The number of benzene rings is 1. The van der Waals surface area contributed by atoms with Gasteiger partial charge in [-0.1, -0.05) is 18.2 Å². The van der Waals surface area contributed by atoms with E-state index in [-0.39, 0.29) is 0 Å². The Hall–Kier alpha value is -1.36. The van der Waals surface area contributed by atoms with E-state index >= 15 is 0 Å². The SMILES string of the molecule is CN(Cc1cccs1)CC(O)c1ccc(N)cc1. The topological polar surface area (TPSA) is 49.5 Å². The van der Waals surface area contributed by atoms with Crippen LogP contribution in [-0.4, -0.2) is 23.6 Å². The molecule has 0 aliphatic heterocycles. The number of thiophene rings is 1. The van der Waals surface area contributed by atoms with E-state index in [0.29, 0.717) is 6.54 Å². The first-order chi connectivity index (χ1) is 8.65. The number of hydrogen-bond donors (Lipinski definition) is 2. The standard InChI is InChI=1S/C14H18N2OS/c1-16(9-13-3-2-8-18-13)10-14(17)11-4-6-12(15)7-5-11/h2-8,14,17H,9-10,15H2,1H3. The molecule has 0 bridgehead atoms. The highest BCUT2D eigenvalue weighted by atomic mass is 32.1. The molecular formula is C14H18N2OS. The van der Waals surface area contributed by atoms with Crippen molar-refractivity contribution in [1.29, 1.82) is 0 Å². The molecule has 0 aliphatic carbocycles. The summed E-state index contributed by atoms with van der Waals surface area (Å²) in [5, 5.41) is 12.2. The van der Waals surface area contributed by atoms with Gasteiger partial charge < -0.3 is 10.8 Å². The number of aliphatic hydroxyl groups excluding tert-OH is 1. The van der Waals surface area contributed by atoms with E-state index in [2.05, 4.69) is 16.3 Å². The van der Waals surface area contributed by atoms with E-state index in [1.807, 2.05) is 37.4 Å². The Morgan fingerprint density at radius 1 is 1.28 bits per heavy atom. The molecule has 1 heterocycles. The molecule has 2 rings (SSSR count). The lowest BCUT2D eigenvalue weighted by atomic mass is 10.1. The van der Waals surface area contributed by atoms with Crippen molar-refractivity contribution in [2.45, 2.75) is 12.6 Å². The second kappa shape index (κ2) is 6.00. The van der Waals surface area contributed by atoms with Crippen molar-refractivity contribution in [2.24, 2.45) is 0 Å². The fraction of sp³-hybridized carbons (Fsp3) is 0.286. The molecule has 18 heavy (non-hydrogen) atoms. The highest BCUT2D eigenvalue weighted by molar-refractivity contribution is 7.09. The van der Waals surface area contributed by atoms with Crippen molar-refractivity contribution in [1.82, 2.24) is 4.90 Å². The maximum atomic E-state index is 10.1. The summed E-state index contributed by atoms with van der Waals surface area (Å²) in [6.07, 6.45) is -0.476. The first kappa shape index (κ1) is 13.1. The molecule has 0 saturated carbocycles. The van der Waals surface area contributed by atoms with E-state index in [4.69, 9.17) is 5.73 Å². The minimum absolute atomic E-state index is 0.476. The Bertz CT molecular complexity index is 467. The third-order valence-electron chi connectivity index (χ3n) is 2.81. The van der Waals surface area contributed by atoms with E-state index < -0.39 is 6.10 Å². The molecule has 3 nitrogen and oxygen atoms in total. The summed E-state index contributed by atoms with van der Waals surface area (Å²) in [5.41, 5.74) is 7.25. The van der Waals surface area contributed by atoms with E-state index in [9.17, 15) is 5.11 Å². The predicted molar refractivity (Wildman–Crippen MR) is 76.5 cm³/mol. The molecule has 0 fully saturated rings. The molecule has 96 valence electrons. The largest absolute Gasteiger partial charge is 0.399 e. The Labute approximate surface area is 111 Å². The van der Waals surface area contributed by atoms with Gasteiger partial charge in [-0.25, -0.2) is 0 Å². The molecule has 1 atom stereocenters. The highest BCUT2D eigenvalue weighted by Crippen LogP contribution is 2.17. The fourth-order valence-corrected chi connectivity index (χ4v) is 2.64. The van der Waals surface area contributed by atoms with Crippen LogP contribution in [0.25, 0.3) is 0 Å². The summed E-state index contributed by atoms with van der Waals surface area (Å²) >= 11 is 1.74. The first-order valence-corrected chi connectivity index (χ1v) is 6.77. The molecule has 1 aromatic heterocycles. The first-order valence-electron chi connectivity index (χ1n) is 5.89. The maximum Gasteiger partial charge on any atom is 0.0916 e. The van der Waals surface area contributed by atoms with Crippen LogP contribution in [0.3, 0.4) is 0 Å². The Balaban J connectivity index is 1.90. The van der Waals surface area contributed by atoms with Gasteiger partial charge in [-0.05, 0) is 36.2 Å². The lowest BCUT2D eigenvalue weighted by molar-refractivity contribution is 0.124. The van der Waals surface area contributed by atoms with Gasteiger partial charge in [-0.3, -0.25) is 4.90 Å². The van der Waals surface area contributed by atoms with Crippen LogP contribution in [0.4, 0.5) is 5.69 Å². The lowest BCUT2D eigenvalue weighted by Gasteiger charge is -2.20. The minimum Gasteiger partial charge on any atom is -0.399 e. The van der Waals surface area contributed by atoms with E-state index in [1.165, 1.54) is 4.88 Å². The van der Waals surface area contributed by atoms with Crippen LogP contribution >= 0.6 is 11.3 Å². The number of likely N-dealkylation sites (N-methyl/N-ethyl adjacent to an activating group) is 1. The van der Waals surface area contributed by atoms with Crippen LogP contribution in [0.15, 0.2) is 41.8 Å². The predicted octanol–water partition coefficient (Wildman–Crippen LogP) is 2.50. The third-order valence-corrected chi connectivity index (χ3v) is 3.67. The van der Waals surface area contributed by atoms with Gasteiger partial charge in [-0.2, -0.15) is 0 Å². The minimum atomic E-state index is -0.476. The van der Waals surface area contributed by atoms with Gasteiger partial charge in [0.2, 0.25) is 0 Å².